The Kier molecular flexibility index (Phi) is 6.49. The average molecular weight is 468 g/mol. The maximum Gasteiger partial charge on any atom is 0.160 e. The first kappa shape index (κ1) is 23.0. The van der Waals surface area contributed by atoms with Crippen LogP contribution in [0, 0.1) is 0 Å². The Morgan fingerprint density at radius 1 is 0.943 bits per heavy atom. The fraction of sp³-hybridized carbons (Fsp3) is 0.241. The van der Waals surface area contributed by atoms with Gasteiger partial charge >= 0.3 is 0 Å². The number of ether oxygens (including phenoxy) is 1. The first-order valence-electron chi connectivity index (χ1n) is 11.9. The lowest BCUT2D eigenvalue weighted by Gasteiger charge is -2.39. The highest BCUT2D eigenvalue weighted by Gasteiger charge is 2.46. The van der Waals surface area contributed by atoms with Crippen LogP contribution in [0.5, 0.6) is 5.75 Å². The van der Waals surface area contributed by atoms with Gasteiger partial charge in [-0.1, -0.05) is 85.8 Å². The minimum atomic E-state index is -0.506. The van der Waals surface area contributed by atoms with E-state index in [0.717, 1.165) is 39.7 Å². The Morgan fingerprint density at radius 3 is 2.31 bits per heavy atom. The molecule has 0 saturated heterocycles. The molecule has 0 radical (unpaired) electrons. The molecule has 1 unspecified atom stereocenters. The van der Waals surface area contributed by atoms with Gasteiger partial charge in [0.25, 0.3) is 0 Å². The van der Waals surface area contributed by atoms with Crippen molar-refractivity contribution in [3.63, 3.8) is 0 Å². The third-order valence-corrected chi connectivity index (χ3v) is 6.60. The highest BCUT2D eigenvalue weighted by molar-refractivity contribution is 6.13. The van der Waals surface area contributed by atoms with Crippen LogP contribution in [-0.4, -0.2) is 47.9 Å². The smallest absolute Gasteiger partial charge is 0.160 e. The SMILES string of the molecule is CCC1(c2ccccc2)CN=C(c2c(OC)c(-c3ccccc3)nc3ccccc23)N1OCCO. The van der Waals surface area contributed by atoms with Crippen LogP contribution in [0.25, 0.3) is 22.2 Å². The predicted molar refractivity (Wildman–Crippen MR) is 138 cm³/mol. The second-order valence-corrected chi connectivity index (χ2v) is 8.49. The van der Waals surface area contributed by atoms with Gasteiger partial charge in [0, 0.05) is 10.9 Å². The summed E-state index contributed by atoms with van der Waals surface area (Å²) in [6.07, 6.45) is 0.770. The molecule has 0 amide bonds. The number of aromatic nitrogens is 1. The van der Waals surface area contributed by atoms with E-state index in [1.807, 2.05) is 77.9 Å². The van der Waals surface area contributed by atoms with E-state index in [-0.39, 0.29) is 13.2 Å². The number of hydrogen-bond donors (Lipinski definition) is 1. The summed E-state index contributed by atoms with van der Waals surface area (Å²) in [5.74, 6) is 1.32. The van der Waals surface area contributed by atoms with Crippen LogP contribution in [0.2, 0.25) is 0 Å². The zero-order chi connectivity index (χ0) is 24.3. The van der Waals surface area contributed by atoms with Crippen LogP contribution in [0.15, 0.2) is 89.9 Å². The number of amidine groups is 1. The van der Waals surface area contributed by atoms with Gasteiger partial charge in [0.1, 0.15) is 11.2 Å². The van der Waals surface area contributed by atoms with Crippen LogP contribution in [0.4, 0.5) is 0 Å². The first-order valence-corrected chi connectivity index (χ1v) is 11.9. The van der Waals surface area contributed by atoms with E-state index in [0.29, 0.717) is 18.1 Å². The maximum atomic E-state index is 9.64. The van der Waals surface area contributed by atoms with Crippen LogP contribution in [0.1, 0.15) is 24.5 Å². The zero-order valence-electron chi connectivity index (χ0n) is 20.0. The molecule has 0 spiro atoms. The van der Waals surface area contributed by atoms with E-state index < -0.39 is 5.54 Å². The monoisotopic (exact) mass is 467 g/mol. The maximum absolute atomic E-state index is 9.64. The number of hydrogen-bond acceptors (Lipinski definition) is 6. The summed E-state index contributed by atoms with van der Waals surface area (Å²) in [6, 6.07) is 28.3. The molecule has 6 heteroatoms. The van der Waals surface area contributed by atoms with Gasteiger partial charge in [0.2, 0.25) is 0 Å². The van der Waals surface area contributed by atoms with Crippen LogP contribution in [-0.2, 0) is 10.4 Å². The highest BCUT2D eigenvalue weighted by Crippen LogP contribution is 2.43. The fourth-order valence-electron chi connectivity index (χ4n) is 4.86. The topological polar surface area (TPSA) is 67.2 Å². The third kappa shape index (κ3) is 3.95. The molecule has 1 aromatic heterocycles. The van der Waals surface area contributed by atoms with Crippen molar-refractivity contribution in [3.8, 4) is 17.0 Å². The number of pyridine rings is 1. The average Bonchev–Trinajstić information content (AvgIpc) is 3.30. The van der Waals surface area contributed by atoms with Crippen LogP contribution >= 0.6 is 0 Å². The van der Waals surface area contributed by atoms with Gasteiger partial charge < -0.3 is 9.84 Å². The largest absolute Gasteiger partial charge is 0.494 e. The van der Waals surface area contributed by atoms with Crippen molar-refractivity contribution in [2.75, 3.05) is 26.9 Å². The first-order chi connectivity index (χ1) is 17.2. The Hall–Kier alpha value is -3.74. The number of aliphatic hydroxyl groups is 1. The molecule has 2 heterocycles. The minimum Gasteiger partial charge on any atom is -0.494 e. The Morgan fingerprint density at radius 2 is 1.63 bits per heavy atom. The molecule has 0 bridgehead atoms. The molecule has 1 N–H and O–H groups in total. The summed E-state index contributed by atoms with van der Waals surface area (Å²) < 4.78 is 6.04. The number of aliphatic hydroxyl groups excluding tert-OH is 1. The number of nitrogens with zero attached hydrogens (tertiary/aromatic N) is 3. The van der Waals surface area contributed by atoms with Gasteiger partial charge in [0.15, 0.2) is 11.6 Å². The van der Waals surface area contributed by atoms with Crippen molar-refractivity contribution >= 4 is 16.7 Å². The Labute approximate surface area is 205 Å². The number of benzene rings is 3. The lowest BCUT2D eigenvalue weighted by Crippen LogP contribution is -2.47. The van der Waals surface area contributed by atoms with Crippen LogP contribution in [0.3, 0.4) is 0 Å². The Bertz CT molecular complexity index is 1340. The predicted octanol–water partition coefficient (Wildman–Crippen LogP) is 5.20. The van der Waals surface area contributed by atoms with Crippen molar-refractivity contribution < 1.29 is 14.7 Å². The number of hydroxylamine groups is 2. The summed E-state index contributed by atoms with van der Waals surface area (Å²) in [7, 11) is 1.67. The number of methoxy groups -OCH3 is 1. The van der Waals surface area contributed by atoms with E-state index in [2.05, 4.69) is 19.1 Å². The molecule has 178 valence electrons. The van der Waals surface area contributed by atoms with Gasteiger partial charge in [-0.05, 0) is 18.1 Å². The molecule has 5 rings (SSSR count). The van der Waals surface area contributed by atoms with Crippen LogP contribution < -0.4 is 4.74 Å². The summed E-state index contributed by atoms with van der Waals surface area (Å²) >= 11 is 0. The number of aliphatic imine (C=N–C) groups is 1. The molecule has 3 aromatic carbocycles. The number of para-hydroxylation sites is 1. The lowest BCUT2D eigenvalue weighted by molar-refractivity contribution is -0.167. The molecule has 35 heavy (non-hydrogen) atoms. The number of fused-ring (bicyclic) bond motifs is 1. The van der Waals surface area contributed by atoms with E-state index in [1.54, 1.807) is 7.11 Å². The Balaban J connectivity index is 1.76. The van der Waals surface area contributed by atoms with Crippen molar-refractivity contribution in [1.29, 1.82) is 0 Å². The molecule has 0 fully saturated rings. The summed E-state index contributed by atoms with van der Waals surface area (Å²) in [5.41, 5.74) is 4.00. The normalized spacial score (nSPS) is 17.6. The molecule has 1 aliphatic rings. The molecule has 0 saturated carbocycles. The zero-order valence-corrected chi connectivity index (χ0v) is 20.0. The van der Waals surface area contributed by atoms with Gasteiger partial charge in [-0.3, -0.25) is 9.83 Å². The summed E-state index contributed by atoms with van der Waals surface area (Å²) in [6.45, 7) is 2.72. The van der Waals surface area contributed by atoms with Gasteiger partial charge in [-0.2, -0.15) is 0 Å². The molecular weight excluding hydrogens is 438 g/mol. The standard InChI is InChI=1S/C29H29N3O3/c1-3-29(22-14-8-5-9-15-22)20-30-28(32(29)35-19-18-33)25-23-16-10-11-17-24(23)31-26(27(25)34-2)21-12-6-4-7-13-21/h4-17,33H,3,18-20H2,1-2H3. The summed E-state index contributed by atoms with van der Waals surface area (Å²) in [5, 5.41) is 12.5. The second kappa shape index (κ2) is 9.86. The molecule has 1 atom stereocenters. The van der Waals surface area contributed by atoms with E-state index >= 15 is 0 Å². The van der Waals surface area contributed by atoms with Crippen molar-refractivity contribution in [2.24, 2.45) is 4.99 Å². The molecule has 6 nitrogen and oxygen atoms in total. The fourth-order valence-corrected chi connectivity index (χ4v) is 4.86. The highest BCUT2D eigenvalue weighted by atomic mass is 16.7. The molecule has 1 aliphatic heterocycles. The van der Waals surface area contributed by atoms with Gasteiger partial charge in [0.05, 0.1) is 37.9 Å². The quantitative estimate of drug-likeness (QED) is 0.386. The molecule has 4 aromatic rings. The van der Waals surface area contributed by atoms with Gasteiger partial charge in [-0.25, -0.2) is 10.0 Å². The number of rotatable bonds is 8. The van der Waals surface area contributed by atoms with Crippen molar-refractivity contribution in [2.45, 2.75) is 18.9 Å². The third-order valence-electron chi connectivity index (χ3n) is 6.60. The minimum absolute atomic E-state index is 0.0954. The lowest BCUT2D eigenvalue weighted by atomic mass is 9.87. The molecular formula is C29H29N3O3. The summed E-state index contributed by atoms with van der Waals surface area (Å²) in [4.78, 5) is 16.3. The molecule has 0 aliphatic carbocycles. The van der Waals surface area contributed by atoms with E-state index in [9.17, 15) is 5.11 Å². The van der Waals surface area contributed by atoms with Crippen molar-refractivity contribution in [1.82, 2.24) is 10.0 Å². The van der Waals surface area contributed by atoms with E-state index in [4.69, 9.17) is 19.6 Å². The van der Waals surface area contributed by atoms with E-state index in [1.165, 1.54) is 0 Å². The van der Waals surface area contributed by atoms with Gasteiger partial charge in [-0.15, -0.1) is 0 Å². The second-order valence-electron chi connectivity index (χ2n) is 8.49. The van der Waals surface area contributed by atoms with Crippen molar-refractivity contribution in [3.05, 3.63) is 96.1 Å².